The molecule has 0 saturated heterocycles. The number of rotatable bonds is 7. The smallest absolute Gasteiger partial charge is 0.267 e. The maximum Gasteiger partial charge on any atom is 0.272 e. The van der Waals surface area contributed by atoms with Crippen LogP contribution in [0.15, 0.2) is 125 Å². The summed E-state index contributed by atoms with van der Waals surface area (Å²) in [5.41, 5.74) is 8.12. The molecule has 0 fully saturated rings. The molecule has 0 spiro atoms. The Kier molecular flexibility index (Phi) is 7.53. The van der Waals surface area contributed by atoms with Crippen LogP contribution in [0.1, 0.15) is 39.5 Å². The van der Waals surface area contributed by atoms with Gasteiger partial charge in [-0.05, 0) is 47.0 Å². The van der Waals surface area contributed by atoms with Crippen LogP contribution in [0.4, 0.5) is 5.69 Å². The number of nitrogens with one attached hydrogen (secondary N) is 1. The highest BCUT2D eigenvalue weighted by Gasteiger charge is 2.28. The molecule has 0 aliphatic carbocycles. The number of carbonyl (C=O) groups excluding carboxylic acids is 1. The minimum Gasteiger partial charge on any atom is -0.267 e. The largest absolute Gasteiger partial charge is 0.272 e. The van der Waals surface area contributed by atoms with Gasteiger partial charge in [-0.3, -0.25) is 9.80 Å². The van der Waals surface area contributed by atoms with Gasteiger partial charge in [-0.25, -0.2) is 5.43 Å². The van der Waals surface area contributed by atoms with Crippen molar-refractivity contribution in [2.45, 2.75) is 12.5 Å². The van der Waals surface area contributed by atoms with Crippen LogP contribution in [-0.4, -0.2) is 17.8 Å². The molecule has 0 radical (unpaired) electrons. The molecule has 0 bridgehead atoms. The Morgan fingerprint density at radius 3 is 2.24 bits per heavy atom. The van der Waals surface area contributed by atoms with Gasteiger partial charge in [0.1, 0.15) is 0 Å². The molecular weight excluding hydrogens is 480 g/mol. The van der Waals surface area contributed by atoms with Crippen molar-refractivity contribution in [2.75, 3.05) is 5.01 Å². The predicted molar refractivity (Wildman–Crippen MR) is 152 cm³/mol. The van der Waals surface area contributed by atoms with Gasteiger partial charge in [0.2, 0.25) is 0 Å². The molecular formula is C31H25ClN4O. The molecule has 6 heteroatoms. The van der Waals surface area contributed by atoms with Crippen LogP contribution in [0.25, 0.3) is 6.08 Å². The van der Waals surface area contributed by atoms with Crippen LogP contribution in [0.5, 0.6) is 0 Å². The Morgan fingerprint density at radius 1 is 0.838 bits per heavy atom. The number of hydrazone groups is 2. The summed E-state index contributed by atoms with van der Waals surface area (Å²) in [6.07, 6.45) is 6.61. The summed E-state index contributed by atoms with van der Waals surface area (Å²) in [6, 6.07) is 35.6. The quantitative estimate of drug-likeness (QED) is 0.215. The van der Waals surface area contributed by atoms with E-state index in [2.05, 4.69) is 64.1 Å². The highest BCUT2D eigenvalue weighted by atomic mass is 35.5. The lowest BCUT2D eigenvalue weighted by molar-refractivity contribution is 0.0955. The molecule has 1 aliphatic heterocycles. The van der Waals surface area contributed by atoms with Gasteiger partial charge in [-0.15, -0.1) is 0 Å². The minimum atomic E-state index is -0.355. The standard InChI is InChI=1S/C31H25ClN4O/c32-29-14-8-7-13-28(29)31(37)34-33-22-24-16-19-27(20-17-24)36-30(25-11-5-2-6-12-25)21-26(35-36)18-15-23-9-3-1-4-10-23/h1-20,22,30H,21H2,(H,34,37)/b18-15+,33-22-/t30-/m0/s1. The Hall–Kier alpha value is -4.48. The van der Waals surface area contributed by atoms with E-state index in [1.54, 1.807) is 30.5 Å². The summed E-state index contributed by atoms with van der Waals surface area (Å²) in [5, 5.41) is 11.5. The number of anilines is 1. The SMILES string of the molecule is O=C(N/N=C\c1ccc(N2N=C(/C=C/c3ccccc3)C[C@H]2c2ccccc2)cc1)c1ccccc1Cl. The monoisotopic (exact) mass is 504 g/mol. The van der Waals surface area contributed by atoms with E-state index < -0.39 is 0 Å². The first-order valence-corrected chi connectivity index (χ1v) is 12.4. The number of amides is 1. The van der Waals surface area contributed by atoms with E-state index in [4.69, 9.17) is 16.7 Å². The van der Waals surface area contributed by atoms with E-state index in [1.807, 2.05) is 48.5 Å². The Balaban J connectivity index is 1.32. The molecule has 5 nitrogen and oxygen atoms in total. The van der Waals surface area contributed by atoms with Gasteiger partial charge in [-0.2, -0.15) is 10.2 Å². The van der Waals surface area contributed by atoms with E-state index in [-0.39, 0.29) is 11.9 Å². The van der Waals surface area contributed by atoms with E-state index in [0.717, 1.165) is 28.9 Å². The van der Waals surface area contributed by atoms with E-state index in [9.17, 15) is 4.79 Å². The minimum absolute atomic E-state index is 0.103. The Morgan fingerprint density at radius 2 is 1.51 bits per heavy atom. The van der Waals surface area contributed by atoms with E-state index >= 15 is 0 Å². The normalized spacial score (nSPS) is 15.3. The molecule has 4 aromatic rings. The van der Waals surface area contributed by atoms with Crippen molar-refractivity contribution in [3.63, 3.8) is 0 Å². The van der Waals surface area contributed by atoms with Crippen molar-refractivity contribution in [3.8, 4) is 0 Å². The first-order chi connectivity index (χ1) is 18.2. The summed E-state index contributed by atoms with van der Waals surface area (Å²) in [5.74, 6) is -0.355. The van der Waals surface area contributed by atoms with Crippen molar-refractivity contribution >= 4 is 41.2 Å². The molecule has 1 aliphatic rings. The van der Waals surface area contributed by atoms with Crippen LogP contribution < -0.4 is 10.4 Å². The van der Waals surface area contributed by atoms with Gasteiger partial charge in [0, 0.05) is 6.42 Å². The highest BCUT2D eigenvalue weighted by molar-refractivity contribution is 6.33. The first kappa shape index (κ1) is 24.2. The summed E-state index contributed by atoms with van der Waals surface area (Å²) < 4.78 is 0. The van der Waals surface area contributed by atoms with Crippen LogP contribution in [0, 0.1) is 0 Å². The lowest BCUT2D eigenvalue weighted by Crippen LogP contribution is -2.18. The Bertz CT molecular complexity index is 1450. The summed E-state index contributed by atoms with van der Waals surface area (Å²) >= 11 is 6.08. The van der Waals surface area contributed by atoms with Crippen molar-refractivity contribution in [1.29, 1.82) is 0 Å². The third-order valence-electron chi connectivity index (χ3n) is 6.04. The van der Waals surface area contributed by atoms with E-state index in [0.29, 0.717) is 10.6 Å². The highest BCUT2D eigenvalue weighted by Crippen LogP contribution is 2.35. The molecule has 1 atom stereocenters. The van der Waals surface area contributed by atoms with Crippen LogP contribution in [0.3, 0.4) is 0 Å². The zero-order chi connectivity index (χ0) is 25.5. The lowest BCUT2D eigenvalue weighted by Gasteiger charge is -2.24. The summed E-state index contributed by atoms with van der Waals surface area (Å²) in [4.78, 5) is 12.3. The number of nitrogens with zero attached hydrogens (tertiary/aromatic N) is 3. The topological polar surface area (TPSA) is 57.1 Å². The van der Waals surface area contributed by atoms with Crippen LogP contribution >= 0.6 is 11.6 Å². The molecule has 37 heavy (non-hydrogen) atoms. The molecule has 0 aromatic heterocycles. The zero-order valence-corrected chi connectivity index (χ0v) is 20.8. The third-order valence-corrected chi connectivity index (χ3v) is 6.37. The summed E-state index contributed by atoms with van der Waals surface area (Å²) in [7, 11) is 0. The average molecular weight is 505 g/mol. The first-order valence-electron chi connectivity index (χ1n) is 12.0. The van der Waals surface area contributed by atoms with Gasteiger partial charge < -0.3 is 0 Å². The molecule has 0 saturated carbocycles. The van der Waals surface area contributed by atoms with Crippen LogP contribution in [0.2, 0.25) is 5.02 Å². The second kappa shape index (κ2) is 11.5. The second-order valence-electron chi connectivity index (χ2n) is 8.58. The molecule has 4 aromatic carbocycles. The van der Waals surface area contributed by atoms with Gasteiger partial charge >= 0.3 is 0 Å². The van der Waals surface area contributed by atoms with Gasteiger partial charge in [0.05, 0.1) is 34.2 Å². The summed E-state index contributed by atoms with van der Waals surface area (Å²) in [6.45, 7) is 0. The fraction of sp³-hybridized carbons (Fsp3) is 0.0645. The second-order valence-corrected chi connectivity index (χ2v) is 8.99. The number of hydrogen-bond donors (Lipinski definition) is 1. The van der Waals surface area contributed by atoms with Crippen LogP contribution in [-0.2, 0) is 0 Å². The van der Waals surface area contributed by atoms with Gasteiger partial charge in [0.15, 0.2) is 0 Å². The van der Waals surface area contributed by atoms with Crippen molar-refractivity contribution in [1.82, 2.24) is 5.43 Å². The molecule has 5 rings (SSSR count). The third kappa shape index (κ3) is 6.02. The number of hydrogen-bond acceptors (Lipinski definition) is 4. The van der Waals surface area contributed by atoms with Crippen molar-refractivity contribution < 1.29 is 4.79 Å². The maximum atomic E-state index is 12.3. The fourth-order valence-electron chi connectivity index (χ4n) is 4.15. The van der Waals surface area contributed by atoms with Crippen molar-refractivity contribution in [2.24, 2.45) is 10.2 Å². The van der Waals surface area contributed by atoms with Crippen molar-refractivity contribution in [3.05, 3.63) is 143 Å². The molecule has 1 N–H and O–H groups in total. The number of benzene rings is 4. The number of halogens is 1. The Labute approximate surface area is 221 Å². The van der Waals surface area contributed by atoms with E-state index in [1.165, 1.54) is 5.56 Å². The molecule has 1 amide bonds. The fourth-order valence-corrected chi connectivity index (χ4v) is 4.37. The predicted octanol–water partition coefficient (Wildman–Crippen LogP) is 7.12. The van der Waals surface area contributed by atoms with Gasteiger partial charge in [-0.1, -0.05) is 103 Å². The molecule has 0 unspecified atom stereocenters. The van der Waals surface area contributed by atoms with Gasteiger partial charge in [0.25, 0.3) is 5.91 Å². The lowest BCUT2D eigenvalue weighted by atomic mass is 10.0. The number of allylic oxidation sites excluding steroid dienone is 1. The molecule has 1 heterocycles. The zero-order valence-electron chi connectivity index (χ0n) is 20.0. The molecule has 182 valence electrons. The maximum absolute atomic E-state index is 12.3. The number of carbonyl (C=O) groups is 1. The average Bonchev–Trinajstić information content (AvgIpc) is 3.38.